The Hall–Kier alpha value is -1.73. The molecule has 0 aliphatic carbocycles. The fraction of sp³-hybridized carbons (Fsp3) is 0.417. The fourth-order valence-corrected chi connectivity index (χ4v) is 1.66. The molecular formula is C12H16ClFN2O4. The van der Waals surface area contributed by atoms with E-state index < -0.39 is 28.2 Å². The molecule has 1 atom stereocenters. The first kappa shape index (κ1) is 18.3. The smallest absolute Gasteiger partial charge is 0.313 e. The van der Waals surface area contributed by atoms with Gasteiger partial charge in [0.1, 0.15) is 5.82 Å². The van der Waals surface area contributed by atoms with Crippen LogP contribution in [0.3, 0.4) is 0 Å². The Balaban J connectivity index is 0.00000361. The van der Waals surface area contributed by atoms with Crippen LogP contribution in [-0.4, -0.2) is 18.0 Å². The number of benzene rings is 1. The number of non-ortho nitro benzene ring substituents is 1. The van der Waals surface area contributed by atoms with Crippen LogP contribution in [0.1, 0.15) is 25.5 Å². The van der Waals surface area contributed by atoms with Gasteiger partial charge in [-0.15, -0.1) is 12.4 Å². The Kier molecular flexibility index (Phi) is 6.05. The second-order valence-electron chi connectivity index (χ2n) is 4.65. The molecule has 0 saturated carbocycles. The molecule has 0 spiro atoms. The number of nitro benzene ring substituents is 1. The Morgan fingerprint density at radius 2 is 2.05 bits per heavy atom. The van der Waals surface area contributed by atoms with Crippen LogP contribution in [0.4, 0.5) is 10.1 Å². The third-order valence-electron chi connectivity index (χ3n) is 3.01. The average Bonchev–Trinajstić information content (AvgIpc) is 2.36. The lowest BCUT2D eigenvalue weighted by atomic mass is 9.80. The van der Waals surface area contributed by atoms with E-state index in [1.165, 1.54) is 21.0 Å². The highest BCUT2D eigenvalue weighted by atomic mass is 35.5. The Morgan fingerprint density at radius 3 is 2.50 bits per heavy atom. The summed E-state index contributed by atoms with van der Waals surface area (Å²) in [6, 6.07) is 1.97. The van der Waals surface area contributed by atoms with E-state index in [0.717, 1.165) is 18.2 Å². The van der Waals surface area contributed by atoms with Crippen molar-refractivity contribution in [1.29, 1.82) is 0 Å². The van der Waals surface area contributed by atoms with Gasteiger partial charge in [-0.3, -0.25) is 14.9 Å². The van der Waals surface area contributed by atoms with Crippen molar-refractivity contribution in [3.63, 3.8) is 0 Å². The Labute approximate surface area is 121 Å². The van der Waals surface area contributed by atoms with E-state index in [4.69, 9.17) is 5.73 Å². The molecule has 0 fully saturated rings. The summed E-state index contributed by atoms with van der Waals surface area (Å²) in [6.45, 7) is 2.98. The molecule has 0 radical (unpaired) electrons. The summed E-state index contributed by atoms with van der Waals surface area (Å²) in [5.41, 5.74) is 4.27. The molecule has 0 unspecified atom stereocenters. The van der Waals surface area contributed by atoms with Crippen LogP contribution >= 0.6 is 12.4 Å². The molecule has 0 aliphatic rings. The molecule has 8 heteroatoms. The van der Waals surface area contributed by atoms with Gasteiger partial charge in [0.05, 0.1) is 17.4 Å². The predicted octanol–water partition coefficient (Wildman–Crippen LogP) is 2.35. The molecule has 0 aliphatic heterocycles. The number of hydrogen-bond donors (Lipinski definition) is 1. The molecule has 0 heterocycles. The van der Waals surface area contributed by atoms with Crippen LogP contribution in [0.2, 0.25) is 0 Å². The van der Waals surface area contributed by atoms with E-state index in [9.17, 15) is 19.3 Å². The summed E-state index contributed by atoms with van der Waals surface area (Å²) < 4.78 is 18.3. The standard InChI is InChI=1S/C12H15FN2O4.ClH/c1-12(2,11(16)19-3)10(14)8-6-7(15(17)18)4-5-9(8)13;/h4-6,10H,14H2,1-3H3;1H/t10-;/m0./s1. The zero-order valence-electron chi connectivity index (χ0n) is 11.3. The third-order valence-corrected chi connectivity index (χ3v) is 3.01. The molecule has 1 rings (SSSR count). The van der Waals surface area contributed by atoms with Crippen LogP contribution in [0.15, 0.2) is 18.2 Å². The molecule has 1 aromatic carbocycles. The van der Waals surface area contributed by atoms with Crippen molar-refractivity contribution in [2.75, 3.05) is 7.11 Å². The molecule has 2 N–H and O–H groups in total. The number of carbonyl (C=O) groups is 1. The molecule has 0 bridgehead atoms. The van der Waals surface area contributed by atoms with Crippen molar-refractivity contribution in [3.8, 4) is 0 Å². The molecule has 1 aromatic rings. The molecular weight excluding hydrogens is 291 g/mol. The highest BCUT2D eigenvalue weighted by Crippen LogP contribution is 2.35. The lowest BCUT2D eigenvalue weighted by molar-refractivity contribution is -0.385. The van der Waals surface area contributed by atoms with E-state index in [0.29, 0.717) is 0 Å². The summed E-state index contributed by atoms with van der Waals surface area (Å²) in [7, 11) is 1.20. The number of ether oxygens (including phenoxy) is 1. The highest BCUT2D eigenvalue weighted by molar-refractivity contribution is 5.85. The van der Waals surface area contributed by atoms with Crippen LogP contribution < -0.4 is 5.73 Å². The van der Waals surface area contributed by atoms with Gasteiger partial charge in [0, 0.05) is 23.7 Å². The predicted molar refractivity (Wildman–Crippen MR) is 73.0 cm³/mol. The van der Waals surface area contributed by atoms with E-state index >= 15 is 0 Å². The molecule has 112 valence electrons. The van der Waals surface area contributed by atoms with Gasteiger partial charge in [-0.25, -0.2) is 4.39 Å². The first-order chi connectivity index (χ1) is 8.71. The van der Waals surface area contributed by atoms with E-state index in [1.807, 2.05) is 0 Å². The normalized spacial score (nSPS) is 12.2. The molecule has 0 amide bonds. The monoisotopic (exact) mass is 306 g/mol. The van der Waals surface area contributed by atoms with Gasteiger partial charge in [-0.1, -0.05) is 0 Å². The number of nitrogens with two attached hydrogens (primary N) is 1. The van der Waals surface area contributed by atoms with Crippen LogP contribution in [0.5, 0.6) is 0 Å². The molecule has 6 nitrogen and oxygen atoms in total. The third kappa shape index (κ3) is 3.43. The van der Waals surface area contributed by atoms with E-state index in [2.05, 4.69) is 4.74 Å². The minimum Gasteiger partial charge on any atom is -0.469 e. The summed E-state index contributed by atoms with van der Waals surface area (Å²) in [6.07, 6.45) is 0. The number of hydrogen-bond acceptors (Lipinski definition) is 5. The lowest BCUT2D eigenvalue weighted by Crippen LogP contribution is -2.37. The lowest BCUT2D eigenvalue weighted by Gasteiger charge is -2.28. The van der Waals surface area contributed by atoms with Gasteiger partial charge >= 0.3 is 5.97 Å². The molecule has 0 aromatic heterocycles. The van der Waals surface area contributed by atoms with Crippen LogP contribution in [0.25, 0.3) is 0 Å². The Morgan fingerprint density at radius 1 is 1.50 bits per heavy atom. The SMILES string of the molecule is COC(=O)C(C)(C)[C@@H](N)c1cc([N+](=O)[O-])ccc1F.Cl. The Bertz CT molecular complexity index is 522. The number of rotatable bonds is 4. The maximum atomic E-state index is 13.7. The number of carbonyl (C=O) groups excluding carboxylic acids is 1. The van der Waals surface area contributed by atoms with Gasteiger partial charge in [-0.2, -0.15) is 0 Å². The van der Waals surface area contributed by atoms with Crippen LogP contribution in [0, 0.1) is 21.3 Å². The van der Waals surface area contributed by atoms with Crippen molar-refractivity contribution >= 4 is 24.1 Å². The summed E-state index contributed by atoms with van der Waals surface area (Å²) in [5, 5.41) is 10.7. The van der Waals surface area contributed by atoms with E-state index in [-0.39, 0.29) is 23.7 Å². The number of nitrogens with zero attached hydrogens (tertiary/aromatic N) is 1. The summed E-state index contributed by atoms with van der Waals surface area (Å²) in [5.74, 6) is -1.32. The first-order valence-electron chi connectivity index (χ1n) is 5.49. The summed E-state index contributed by atoms with van der Waals surface area (Å²) in [4.78, 5) is 21.6. The van der Waals surface area contributed by atoms with Gasteiger partial charge in [-0.05, 0) is 19.9 Å². The number of methoxy groups -OCH3 is 1. The van der Waals surface area contributed by atoms with Crippen molar-refractivity contribution in [3.05, 3.63) is 39.7 Å². The highest BCUT2D eigenvalue weighted by Gasteiger charge is 2.38. The van der Waals surface area contributed by atoms with Gasteiger partial charge in [0.25, 0.3) is 5.69 Å². The largest absolute Gasteiger partial charge is 0.469 e. The van der Waals surface area contributed by atoms with Crippen LogP contribution in [-0.2, 0) is 9.53 Å². The maximum Gasteiger partial charge on any atom is 0.313 e. The minimum absolute atomic E-state index is 0. The number of halogens is 2. The number of esters is 1. The van der Waals surface area contributed by atoms with Gasteiger partial charge in [0.2, 0.25) is 0 Å². The molecule has 20 heavy (non-hydrogen) atoms. The second kappa shape index (κ2) is 6.62. The second-order valence-corrected chi connectivity index (χ2v) is 4.65. The van der Waals surface area contributed by atoms with Crippen molar-refractivity contribution < 1.29 is 18.8 Å². The van der Waals surface area contributed by atoms with Gasteiger partial charge < -0.3 is 10.5 Å². The molecule has 0 saturated heterocycles. The van der Waals surface area contributed by atoms with E-state index in [1.54, 1.807) is 0 Å². The number of nitro groups is 1. The zero-order valence-corrected chi connectivity index (χ0v) is 12.1. The quantitative estimate of drug-likeness (QED) is 0.523. The first-order valence-corrected chi connectivity index (χ1v) is 5.49. The van der Waals surface area contributed by atoms with Crippen molar-refractivity contribution in [2.24, 2.45) is 11.1 Å². The average molecular weight is 307 g/mol. The zero-order chi connectivity index (χ0) is 14.8. The minimum atomic E-state index is -1.20. The maximum absolute atomic E-state index is 13.7. The van der Waals surface area contributed by atoms with Crippen molar-refractivity contribution in [1.82, 2.24) is 0 Å². The topological polar surface area (TPSA) is 95.5 Å². The fourth-order valence-electron chi connectivity index (χ4n) is 1.66. The van der Waals surface area contributed by atoms with Crippen molar-refractivity contribution in [2.45, 2.75) is 19.9 Å². The summed E-state index contributed by atoms with van der Waals surface area (Å²) >= 11 is 0. The van der Waals surface area contributed by atoms with Gasteiger partial charge in [0.15, 0.2) is 0 Å².